The van der Waals surface area contributed by atoms with Crippen LogP contribution in [0, 0.1) is 6.92 Å². The maximum atomic E-state index is 12.0. The Morgan fingerprint density at radius 3 is 2.57 bits per heavy atom. The predicted octanol–water partition coefficient (Wildman–Crippen LogP) is 0.702. The van der Waals surface area contributed by atoms with Gasteiger partial charge in [-0.2, -0.15) is 0 Å². The number of rotatable bonds is 5. The van der Waals surface area contributed by atoms with Crippen LogP contribution in [0.25, 0.3) is 11.5 Å². The Labute approximate surface area is 131 Å². The average Bonchev–Trinajstić information content (AvgIpc) is 3.08. The first kappa shape index (κ1) is 14.9. The van der Waals surface area contributed by atoms with Crippen LogP contribution in [0.15, 0.2) is 40.5 Å². The number of hydrogen-bond acceptors (Lipinski definition) is 7. The quantitative estimate of drug-likeness (QED) is 0.782. The Hall–Kier alpha value is -3.00. The Bertz CT molecular complexity index is 779. The van der Waals surface area contributed by atoms with Gasteiger partial charge in [0.25, 0.3) is 11.8 Å². The van der Waals surface area contributed by atoms with E-state index >= 15 is 0 Å². The molecule has 1 aromatic carbocycles. The molecule has 1 aliphatic heterocycles. The molecular weight excluding hydrogens is 300 g/mol. The van der Waals surface area contributed by atoms with E-state index in [-0.39, 0.29) is 18.8 Å². The fourth-order valence-corrected chi connectivity index (χ4v) is 2.17. The summed E-state index contributed by atoms with van der Waals surface area (Å²) >= 11 is 0. The summed E-state index contributed by atoms with van der Waals surface area (Å²) in [4.78, 5) is 24.7. The lowest BCUT2D eigenvalue weighted by molar-refractivity contribution is -0.137. The maximum absolute atomic E-state index is 12.0. The molecule has 8 heteroatoms. The molecule has 8 nitrogen and oxygen atoms in total. The molecule has 0 atom stereocenters. The molecule has 0 saturated carbocycles. The number of carbonyl (C=O) groups is 2. The van der Waals surface area contributed by atoms with Crippen molar-refractivity contribution >= 4 is 17.5 Å². The maximum Gasteiger partial charge on any atom is 0.277 e. The topological polar surface area (TPSA) is 109 Å². The second-order valence-corrected chi connectivity index (χ2v) is 4.91. The fourth-order valence-electron chi connectivity index (χ4n) is 2.17. The van der Waals surface area contributed by atoms with Gasteiger partial charge in [-0.25, -0.2) is 0 Å². The van der Waals surface area contributed by atoms with Gasteiger partial charge in [0.2, 0.25) is 11.8 Å². The first-order valence-corrected chi connectivity index (χ1v) is 6.94. The molecule has 0 spiro atoms. The van der Waals surface area contributed by atoms with Gasteiger partial charge in [-0.15, -0.1) is 10.2 Å². The van der Waals surface area contributed by atoms with Crippen molar-refractivity contribution in [2.24, 2.45) is 0 Å². The molecule has 118 valence electrons. The van der Waals surface area contributed by atoms with Gasteiger partial charge in [-0.05, 0) is 24.3 Å². The van der Waals surface area contributed by atoms with Crippen LogP contribution in [0.3, 0.4) is 0 Å². The van der Waals surface area contributed by atoms with Gasteiger partial charge in [-0.3, -0.25) is 14.5 Å². The van der Waals surface area contributed by atoms with Crippen LogP contribution in [0.4, 0.5) is 5.69 Å². The van der Waals surface area contributed by atoms with Crippen LogP contribution < -0.4 is 5.32 Å². The lowest BCUT2D eigenvalue weighted by Crippen LogP contribution is -2.34. The summed E-state index contributed by atoms with van der Waals surface area (Å²) in [5, 5.41) is 19.5. The number of hydrogen-bond donors (Lipinski definition) is 2. The van der Waals surface area contributed by atoms with Gasteiger partial charge in [0, 0.05) is 24.3 Å². The van der Waals surface area contributed by atoms with Gasteiger partial charge >= 0.3 is 0 Å². The highest BCUT2D eigenvalue weighted by Crippen LogP contribution is 2.22. The van der Waals surface area contributed by atoms with Crippen molar-refractivity contribution < 1.29 is 19.1 Å². The Morgan fingerprint density at radius 2 is 1.96 bits per heavy atom. The molecule has 1 aromatic heterocycles. The Morgan fingerprint density at radius 1 is 1.22 bits per heavy atom. The molecule has 0 bridgehead atoms. The molecule has 0 unspecified atom stereocenters. The summed E-state index contributed by atoms with van der Waals surface area (Å²) in [5.41, 5.74) is 1.56. The number of aliphatic hydroxyl groups is 1. The first-order valence-electron chi connectivity index (χ1n) is 6.94. The molecule has 2 heterocycles. The van der Waals surface area contributed by atoms with E-state index in [0.717, 1.165) is 10.5 Å². The van der Waals surface area contributed by atoms with E-state index < -0.39 is 11.8 Å². The number of nitrogens with zero attached hydrogens (tertiary/aromatic N) is 3. The Balaban J connectivity index is 1.73. The molecule has 23 heavy (non-hydrogen) atoms. The second kappa shape index (κ2) is 6.01. The van der Waals surface area contributed by atoms with Gasteiger partial charge in [0.1, 0.15) is 5.70 Å². The lowest BCUT2D eigenvalue weighted by Gasteiger charge is -2.13. The predicted molar refractivity (Wildman–Crippen MR) is 80.0 cm³/mol. The van der Waals surface area contributed by atoms with Gasteiger partial charge in [0.15, 0.2) is 0 Å². The number of benzene rings is 1. The van der Waals surface area contributed by atoms with Crippen molar-refractivity contribution in [1.29, 1.82) is 0 Å². The number of anilines is 1. The number of β-amino-alcohol motifs (C(OH)–C–C–N with tert-alkyl or cyclic N) is 1. The van der Waals surface area contributed by atoms with Crippen LogP contribution in [0.5, 0.6) is 0 Å². The third-order valence-electron chi connectivity index (χ3n) is 3.27. The molecule has 0 saturated heterocycles. The number of imide groups is 1. The van der Waals surface area contributed by atoms with E-state index in [0.29, 0.717) is 17.5 Å². The minimum Gasteiger partial charge on any atom is -0.421 e. The minimum absolute atomic E-state index is 0.0190. The van der Waals surface area contributed by atoms with Crippen LogP contribution in [-0.4, -0.2) is 45.2 Å². The van der Waals surface area contributed by atoms with Gasteiger partial charge in [-0.1, -0.05) is 0 Å². The number of amides is 2. The molecule has 0 aliphatic carbocycles. The van der Waals surface area contributed by atoms with Crippen molar-refractivity contribution in [1.82, 2.24) is 15.1 Å². The summed E-state index contributed by atoms with van der Waals surface area (Å²) in [6.07, 6.45) is 1.22. The van der Waals surface area contributed by atoms with Crippen LogP contribution in [0.2, 0.25) is 0 Å². The monoisotopic (exact) mass is 314 g/mol. The summed E-state index contributed by atoms with van der Waals surface area (Å²) in [6.45, 7) is 1.42. The van der Waals surface area contributed by atoms with Crippen molar-refractivity contribution in [2.75, 3.05) is 18.5 Å². The standard InChI is InChI=1S/C15H14N4O4/c1-9-17-18-14(23-9)10-2-4-11(5-3-10)16-12-8-13(21)19(6-7-20)15(12)22/h2-5,8,16,20H,6-7H2,1H3. The summed E-state index contributed by atoms with van der Waals surface area (Å²) in [7, 11) is 0. The summed E-state index contributed by atoms with van der Waals surface area (Å²) in [5.74, 6) is -0.00828. The van der Waals surface area contributed by atoms with E-state index in [1.54, 1.807) is 31.2 Å². The number of aromatic nitrogens is 2. The zero-order valence-electron chi connectivity index (χ0n) is 12.3. The number of aliphatic hydroxyl groups excluding tert-OH is 1. The molecular formula is C15H14N4O4. The van der Waals surface area contributed by atoms with E-state index in [9.17, 15) is 9.59 Å². The van der Waals surface area contributed by atoms with Gasteiger partial charge in [0.05, 0.1) is 13.2 Å². The summed E-state index contributed by atoms with van der Waals surface area (Å²) in [6, 6.07) is 7.01. The number of carbonyl (C=O) groups excluding carboxylic acids is 2. The molecule has 2 amide bonds. The molecule has 1 aliphatic rings. The number of aryl methyl sites for hydroxylation is 1. The van der Waals surface area contributed by atoms with Crippen LogP contribution >= 0.6 is 0 Å². The van der Waals surface area contributed by atoms with Crippen LogP contribution in [0.1, 0.15) is 5.89 Å². The number of nitrogens with one attached hydrogen (secondary N) is 1. The van der Waals surface area contributed by atoms with E-state index in [1.165, 1.54) is 6.08 Å². The summed E-state index contributed by atoms with van der Waals surface area (Å²) < 4.78 is 5.33. The normalized spacial score (nSPS) is 14.3. The average molecular weight is 314 g/mol. The second-order valence-electron chi connectivity index (χ2n) is 4.91. The SMILES string of the molecule is Cc1nnc(-c2ccc(NC3=CC(=O)N(CCO)C3=O)cc2)o1. The van der Waals surface area contributed by atoms with E-state index in [4.69, 9.17) is 9.52 Å². The largest absolute Gasteiger partial charge is 0.421 e. The highest BCUT2D eigenvalue weighted by molar-refractivity contribution is 6.17. The van der Waals surface area contributed by atoms with Crippen molar-refractivity contribution in [3.05, 3.63) is 41.9 Å². The third-order valence-corrected chi connectivity index (χ3v) is 3.27. The highest BCUT2D eigenvalue weighted by atomic mass is 16.4. The molecule has 2 aromatic rings. The van der Waals surface area contributed by atoms with E-state index in [2.05, 4.69) is 15.5 Å². The molecule has 0 fully saturated rings. The minimum atomic E-state index is -0.458. The Kier molecular flexibility index (Phi) is 3.90. The molecule has 2 N–H and O–H groups in total. The fraction of sp³-hybridized carbons (Fsp3) is 0.200. The highest BCUT2D eigenvalue weighted by Gasteiger charge is 2.30. The smallest absolute Gasteiger partial charge is 0.277 e. The zero-order chi connectivity index (χ0) is 16.4. The first-order chi connectivity index (χ1) is 11.1. The molecule has 0 radical (unpaired) electrons. The lowest BCUT2D eigenvalue weighted by atomic mass is 10.2. The van der Waals surface area contributed by atoms with Crippen molar-refractivity contribution in [3.63, 3.8) is 0 Å². The molecule has 3 rings (SSSR count). The third kappa shape index (κ3) is 2.97. The zero-order valence-corrected chi connectivity index (χ0v) is 12.3. The van der Waals surface area contributed by atoms with E-state index in [1.807, 2.05) is 0 Å². The van der Waals surface area contributed by atoms with Crippen molar-refractivity contribution in [3.8, 4) is 11.5 Å². The van der Waals surface area contributed by atoms with Crippen molar-refractivity contribution in [2.45, 2.75) is 6.92 Å². The van der Waals surface area contributed by atoms with Crippen LogP contribution in [-0.2, 0) is 9.59 Å². The van der Waals surface area contributed by atoms with Gasteiger partial charge < -0.3 is 14.8 Å².